The summed E-state index contributed by atoms with van der Waals surface area (Å²) in [6.07, 6.45) is 0. The minimum atomic E-state index is 0.762. The summed E-state index contributed by atoms with van der Waals surface area (Å²) in [4.78, 5) is 1.13. The van der Waals surface area contributed by atoms with Crippen LogP contribution in [0.4, 0.5) is 0 Å². The van der Waals surface area contributed by atoms with Gasteiger partial charge in [-0.2, -0.15) is 0 Å². The van der Waals surface area contributed by atoms with E-state index in [0.29, 0.717) is 0 Å². The van der Waals surface area contributed by atoms with Gasteiger partial charge in [0.15, 0.2) is 0 Å². The topological polar surface area (TPSA) is 12.0 Å². The van der Waals surface area contributed by atoms with Gasteiger partial charge in [-0.15, -0.1) is 11.3 Å². The number of nitrogens with one attached hydrogen (secondary N) is 1. The molecule has 52 valence electrons. The Morgan fingerprint density at radius 3 is 3.20 bits per heavy atom. The summed E-state index contributed by atoms with van der Waals surface area (Å²) >= 11 is 1.67. The zero-order valence-electron chi connectivity index (χ0n) is 5.85. The first kappa shape index (κ1) is 7.33. The van der Waals surface area contributed by atoms with Crippen LogP contribution in [-0.2, 0) is 0 Å². The SMILES string of the molecule is CNCC#Cc1cccs1. The van der Waals surface area contributed by atoms with Gasteiger partial charge in [-0.25, -0.2) is 0 Å². The molecule has 0 aliphatic carbocycles. The molecule has 0 aliphatic heterocycles. The van der Waals surface area contributed by atoms with Crippen molar-refractivity contribution >= 4 is 11.3 Å². The van der Waals surface area contributed by atoms with Crippen molar-refractivity contribution in [2.75, 3.05) is 13.6 Å². The van der Waals surface area contributed by atoms with E-state index >= 15 is 0 Å². The van der Waals surface area contributed by atoms with Gasteiger partial charge in [0, 0.05) is 0 Å². The van der Waals surface area contributed by atoms with E-state index in [4.69, 9.17) is 0 Å². The van der Waals surface area contributed by atoms with Crippen molar-refractivity contribution in [1.82, 2.24) is 5.32 Å². The molecule has 0 atom stereocenters. The number of thiophene rings is 1. The van der Waals surface area contributed by atoms with Crippen LogP contribution in [0.25, 0.3) is 0 Å². The molecule has 1 aromatic heterocycles. The third kappa shape index (κ3) is 2.22. The van der Waals surface area contributed by atoms with E-state index in [-0.39, 0.29) is 0 Å². The van der Waals surface area contributed by atoms with Crippen LogP contribution in [0.1, 0.15) is 4.88 Å². The number of hydrogen-bond acceptors (Lipinski definition) is 2. The van der Waals surface area contributed by atoms with Crippen LogP contribution in [0.15, 0.2) is 17.5 Å². The molecule has 0 aliphatic rings. The molecule has 1 heterocycles. The predicted molar refractivity (Wildman–Crippen MR) is 45.1 cm³/mol. The van der Waals surface area contributed by atoms with Gasteiger partial charge in [0.25, 0.3) is 0 Å². The number of rotatable bonds is 1. The second-order valence-corrected chi connectivity index (χ2v) is 2.76. The molecule has 10 heavy (non-hydrogen) atoms. The molecular weight excluding hydrogens is 142 g/mol. The van der Waals surface area contributed by atoms with Crippen molar-refractivity contribution in [2.45, 2.75) is 0 Å². The van der Waals surface area contributed by atoms with Crippen LogP contribution < -0.4 is 5.32 Å². The highest BCUT2D eigenvalue weighted by Gasteiger charge is 1.81. The van der Waals surface area contributed by atoms with Gasteiger partial charge < -0.3 is 5.32 Å². The molecule has 2 heteroatoms. The summed E-state index contributed by atoms with van der Waals surface area (Å²) < 4.78 is 0. The van der Waals surface area contributed by atoms with E-state index in [2.05, 4.69) is 17.2 Å². The number of hydrogen-bond donors (Lipinski definition) is 1. The monoisotopic (exact) mass is 151 g/mol. The summed E-state index contributed by atoms with van der Waals surface area (Å²) in [6.45, 7) is 0.762. The Morgan fingerprint density at radius 1 is 1.70 bits per heavy atom. The molecular formula is C8H9NS. The second-order valence-electron chi connectivity index (χ2n) is 1.81. The summed E-state index contributed by atoms with van der Waals surface area (Å²) in [6, 6.07) is 4.03. The van der Waals surface area contributed by atoms with E-state index in [1.54, 1.807) is 11.3 Å². The summed E-state index contributed by atoms with van der Waals surface area (Å²) in [5.41, 5.74) is 0. The first-order valence-corrected chi connectivity index (χ1v) is 3.98. The lowest BCUT2D eigenvalue weighted by Gasteiger charge is -1.80. The lowest BCUT2D eigenvalue weighted by Crippen LogP contribution is -2.04. The Labute approximate surface area is 65.1 Å². The standard InChI is InChI=1S/C8H9NS/c1-9-6-2-4-8-5-3-7-10-8/h3,5,7,9H,6H2,1H3. The van der Waals surface area contributed by atoms with Crippen LogP contribution >= 0.6 is 11.3 Å². The lowest BCUT2D eigenvalue weighted by molar-refractivity contribution is 0.938. The van der Waals surface area contributed by atoms with E-state index in [0.717, 1.165) is 11.4 Å². The minimum absolute atomic E-state index is 0.762. The molecule has 0 unspecified atom stereocenters. The molecule has 0 fully saturated rings. The maximum Gasteiger partial charge on any atom is 0.0768 e. The van der Waals surface area contributed by atoms with Crippen molar-refractivity contribution in [3.05, 3.63) is 22.4 Å². The molecule has 0 saturated carbocycles. The van der Waals surface area contributed by atoms with Crippen LogP contribution in [0.2, 0.25) is 0 Å². The van der Waals surface area contributed by atoms with Gasteiger partial charge in [-0.3, -0.25) is 0 Å². The summed E-state index contributed by atoms with van der Waals surface area (Å²) in [5, 5.41) is 4.99. The first-order valence-electron chi connectivity index (χ1n) is 3.10. The molecule has 0 aromatic carbocycles. The normalized spacial score (nSPS) is 8.50. The highest BCUT2D eigenvalue weighted by atomic mass is 32.1. The van der Waals surface area contributed by atoms with Gasteiger partial charge in [0.2, 0.25) is 0 Å². The zero-order valence-corrected chi connectivity index (χ0v) is 6.66. The Morgan fingerprint density at radius 2 is 2.60 bits per heavy atom. The fourth-order valence-electron chi connectivity index (χ4n) is 0.569. The fraction of sp³-hybridized carbons (Fsp3) is 0.250. The third-order valence-electron chi connectivity index (χ3n) is 0.998. The minimum Gasteiger partial charge on any atom is -0.309 e. The molecule has 1 aromatic rings. The Bertz CT molecular complexity index is 228. The van der Waals surface area contributed by atoms with E-state index < -0.39 is 0 Å². The van der Waals surface area contributed by atoms with Crippen LogP contribution in [-0.4, -0.2) is 13.6 Å². The highest BCUT2D eigenvalue weighted by Crippen LogP contribution is 2.04. The van der Waals surface area contributed by atoms with Crippen molar-refractivity contribution in [2.24, 2.45) is 0 Å². The van der Waals surface area contributed by atoms with Crippen molar-refractivity contribution < 1.29 is 0 Å². The van der Waals surface area contributed by atoms with Gasteiger partial charge in [-0.1, -0.05) is 17.9 Å². The first-order chi connectivity index (χ1) is 4.93. The predicted octanol–water partition coefficient (Wildman–Crippen LogP) is 1.32. The smallest absolute Gasteiger partial charge is 0.0768 e. The average molecular weight is 151 g/mol. The third-order valence-corrected chi connectivity index (χ3v) is 1.78. The summed E-state index contributed by atoms with van der Waals surface area (Å²) in [5.74, 6) is 6.02. The molecule has 1 nitrogen and oxygen atoms in total. The van der Waals surface area contributed by atoms with Crippen LogP contribution in [0.5, 0.6) is 0 Å². The molecule has 0 radical (unpaired) electrons. The average Bonchev–Trinajstić information content (AvgIpc) is 2.41. The quantitative estimate of drug-likeness (QED) is 0.597. The van der Waals surface area contributed by atoms with Gasteiger partial charge in [0.05, 0.1) is 11.4 Å². The van der Waals surface area contributed by atoms with E-state index in [9.17, 15) is 0 Å². The Balaban J connectivity index is 2.49. The maximum atomic E-state index is 3.03. The van der Waals surface area contributed by atoms with Crippen LogP contribution in [0, 0.1) is 11.8 Å². The van der Waals surface area contributed by atoms with Crippen molar-refractivity contribution in [1.29, 1.82) is 0 Å². The molecule has 0 amide bonds. The largest absolute Gasteiger partial charge is 0.309 e. The zero-order chi connectivity index (χ0) is 7.23. The molecule has 0 bridgehead atoms. The molecule has 0 saturated heterocycles. The molecule has 1 rings (SSSR count). The Kier molecular flexibility index (Phi) is 3.01. The molecule has 1 N–H and O–H groups in total. The van der Waals surface area contributed by atoms with Crippen LogP contribution in [0.3, 0.4) is 0 Å². The Hall–Kier alpha value is -0.780. The highest BCUT2D eigenvalue weighted by molar-refractivity contribution is 7.10. The second kappa shape index (κ2) is 4.10. The van der Waals surface area contributed by atoms with E-state index in [1.807, 2.05) is 24.6 Å². The van der Waals surface area contributed by atoms with Gasteiger partial charge in [0.1, 0.15) is 0 Å². The van der Waals surface area contributed by atoms with Crippen molar-refractivity contribution in [3.63, 3.8) is 0 Å². The van der Waals surface area contributed by atoms with Gasteiger partial charge >= 0.3 is 0 Å². The van der Waals surface area contributed by atoms with Gasteiger partial charge in [-0.05, 0) is 18.5 Å². The molecule has 0 spiro atoms. The maximum absolute atomic E-state index is 3.03. The summed E-state index contributed by atoms with van der Waals surface area (Å²) in [7, 11) is 1.89. The van der Waals surface area contributed by atoms with Crippen molar-refractivity contribution in [3.8, 4) is 11.8 Å². The fourth-order valence-corrected chi connectivity index (χ4v) is 1.16. The van der Waals surface area contributed by atoms with E-state index in [1.165, 1.54) is 0 Å². The lowest BCUT2D eigenvalue weighted by atomic mass is 10.4.